The van der Waals surface area contributed by atoms with Crippen LogP contribution in [-0.4, -0.2) is 15.2 Å². The standard InChI is InChI=1S/C10H10IN3/c11-7-4-5-12-10-8(7)9(13-14-10)6-2-1-3-6/h4-6H,1-3H2,(H,12,13,14). The van der Waals surface area contributed by atoms with Crippen LogP contribution in [0.25, 0.3) is 11.0 Å². The molecule has 14 heavy (non-hydrogen) atoms. The smallest absolute Gasteiger partial charge is 0.156 e. The van der Waals surface area contributed by atoms with Crippen molar-refractivity contribution >= 4 is 33.6 Å². The molecule has 1 aliphatic carbocycles. The number of nitrogens with one attached hydrogen (secondary N) is 1. The van der Waals surface area contributed by atoms with Crippen LogP contribution in [0.1, 0.15) is 30.9 Å². The summed E-state index contributed by atoms with van der Waals surface area (Å²) in [5, 5.41) is 8.63. The Hall–Kier alpha value is -0.650. The highest BCUT2D eigenvalue weighted by Gasteiger charge is 2.25. The van der Waals surface area contributed by atoms with E-state index < -0.39 is 0 Å². The van der Waals surface area contributed by atoms with Gasteiger partial charge in [0.15, 0.2) is 5.65 Å². The average Bonchev–Trinajstić information content (AvgIpc) is 2.47. The fourth-order valence-electron chi connectivity index (χ4n) is 1.91. The van der Waals surface area contributed by atoms with E-state index in [0.29, 0.717) is 5.92 Å². The number of pyridine rings is 1. The molecule has 0 atom stereocenters. The molecule has 2 heterocycles. The molecule has 1 N–H and O–H groups in total. The molecule has 3 rings (SSSR count). The van der Waals surface area contributed by atoms with Gasteiger partial charge in [-0.05, 0) is 41.5 Å². The fourth-order valence-corrected chi connectivity index (χ4v) is 2.61. The highest BCUT2D eigenvalue weighted by atomic mass is 127. The van der Waals surface area contributed by atoms with E-state index >= 15 is 0 Å². The summed E-state index contributed by atoms with van der Waals surface area (Å²) >= 11 is 2.35. The molecule has 2 aromatic rings. The molecule has 1 fully saturated rings. The van der Waals surface area contributed by atoms with E-state index in [1.165, 1.54) is 33.9 Å². The zero-order valence-corrected chi connectivity index (χ0v) is 9.78. The molecule has 0 unspecified atom stereocenters. The van der Waals surface area contributed by atoms with Gasteiger partial charge < -0.3 is 0 Å². The van der Waals surface area contributed by atoms with Gasteiger partial charge in [0, 0.05) is 15.7 Å². The molecular formula is C10H10IN3. The Kier molecular flexibility index (Phi) is 1.97. The number of halogens is 1. The van der Waals surface area contributed by atoms with Crippen LogP contribution in [0, 0.1) is 3.57 Å². The minimum absolute atomic E-state index is 0.668. The second-order valence-electron chi connectivity index (χ2n) is 3.75. The molecule has 0 saturated heterocycles. The van der Waals surface area contributed by atoms with Crippen LogP contribution in [0.2, 0.25) is 0 Å². The molecule has 72 valence electrons. The maximum atomic E-state index is 4.39. The van der Waals surface area contributed by atoms with E-state index in [2.05, 4.69) is 37.8 Å². The molecule has 1 aliphatic rings. The van der Waals surface area contributed by atoms with Crippen LogP contribution in [0.4, 0.5) is 0 Å². The highest BCUT2D eigenvalue weighted by Crippen LogP contribution is 2.39. The quantitative estimate of drug-likeness (QED) is 0.823. The SMILES string of the molecule is Ic1ccnc2[nH]nc(C3CCC3)c12. The van der Waals surface area contributed by atoms with Gasteiger partial charge in [-0.1, -0.05) is 6.42 Å². The van der Waals surface area contributed by atoms with Gasteiger partial charge in [-0.2, -0.15) is 5.10 Å². The lowest BCUT2D eigenvalue weighted by Gasteiger charge is -2.23. The second-order valence-corrected chi connectivity index (χ2v) is 4.92. The van der Waals surface area contributed by atoms with Crippen LogP contribution < -0.4 is 0 Å². The van der Waals surface area contributed by atoms with Crippen molar-refractivity contribution in [3.8, 4) is 0 Å². The number of rotatable bonds is 1. The maximum Gasteiger partial charge on any atom is 0.156 e. The number of hydrogen-bond donors (Lipinski definition) is 1. The summed E-state index contributed by atoms with van der Waals surface area (Å²) in [5.41, 5.74) is 2.16. The van der Waals surface area contributed by atoms with Gasteiger partial charge in [0.2, 0.25) is 0 Å². The van der Waals surface area contributed by atoms with Crippen molar-refractivity contribution in [2.45, 2.75) is 25.2 Å². The van der Waals surface area contributed by atoms with Gasteiger partial charge in [-0.3, -0.25) is 5.10 Å². The molecular weight excluding hydrogens is 289 g/mol. The van der Waals surface area contributed by atoms with Gasteiger partial charge >= 0.3 is 0 Å². The fraction of sp³-hybridized carbons (Fsp3) is 0.400. The normalized spacial score (nSPS) is 17.2. The molecule has 0 bridgehead atoms. The van der Waals surface area contributed by atoms with Crippen molar-refractivity contribution in [1.82, 2.24) is 15.2 Å². The van der Waals surface area contributed by atoms with E-state index in [9.17, 15) is 0 Å². The Morgan fingerprint density at radius 1 is 1.43 bits per heavy atom. The summed E-state index contributed by atoms with van der Waals surface area (Å²) < 4.78 is 1.25. The lowest BCUT2D eigenvalue weighted by Crippen LogP contribution is -2.09. The third-order valence-corrected chi connectivity index (χ3v) is 3.83. The summed E-state index contributed by atoms with van der Waals surface area (Å²) in [6, 6.07) is 2.04. The first-order chi connectivity index (χ1) is 6.86. The van der Waals surface area contributed by atoms with E-state index in [1.807, 2.05) is 12.3 Å². The summed E-state index contributed by atoms with van der Waals surface area (Å²) in [5.74, 6) is 0.668. The Bertz CT molecular complexity index is 473. The number of hydrogen-bond acceptors (Lipinski definition) is 2. The van der Waals surface area contributed by atoms with Gasteiger partial charge in [0.05, 0.1) is 11.1 Å². The first-order valence-electron chi connectivity index (χ1n) is 4.85. The van der Waals surface area contributed by atoms with E-state index in [4.69, 9.17) is 0 Å². The zero-order valence-electron chi connectivity index (χ0n) is 7.63. The van der Waals surface area contributed by atoms with Crippen LogP contribution in [0.15, 0.2) is 12.3 Å². The van der Waals surface area contributed by atoms with Crippen LogP contribution >= 0.6 is 22.6 Å². The Morgan fingerprint density at radius 3 is 3.00 bits per heavy atom. The number of aromatic nitrogens is 3. The first-order valence-corrected chi connectivity index (χ1v) is 5.92. The Morgan fingerprint density at radius 2 is 2.29 bits per heavy atom. The van der Waals surface area contributed by atoms with Crippen molar-refractivity contribution in [3.05, 3.63) is 21.5 Å². The Balaban J connectivity index is 2.23. The highest BCUT2D eigenvalue weighted by molar-refractivity contribution is 14.1. The minimum atomic E-state index is 0.668. The molecule has 0 amide bonds. The van der Waals surface area contributed by atoms with Gasteiger partial charge in [0.25, 0.3) is 0 Å². The number of fused-ring (bicyclic) bond motifs is 1. The molecule has 4 heteroatoms. The molecule has 0 spiro atoms. The van der Waals surface area contributed by atoms with E-state index in [-0.39, 0.29) is 0 Å². The predicted octanol–water partition coefficient (Wildman–Crippen LogP) is 2.83. The van der Waals surface area contributed by atoms with Crippen molar-refractivity contribution in [1.29, 1.82) is 0 Å². The van der Waals surface area contributed by atoms with Crippen molar-refractivity contribution in [2.75, 3.05) is 0 Å². The first kappa shape index (κ1) is 8.64. The molecule has 0 aromatic carbocycles. The van der Waals surface area contributed by atoms with E-state index in [1.54, 1.807) is 0 Å². The molecule has 2 aromatic heterocycles. The average molecular weight is 299 g/mol. The molecule has 0 radical (unpaired) electrons. The third-order valence-electron chi connectivity index (χ3n) is 2.93. The van der Waals surface area contributed by atoms with E-state index in [0.717, 1.165) is 5.65 Å². The van der Waals surface area contributed by atoms with Crippen molar-refractivity contribution in [3.63, 3.8) is 0 Å². The summed E-state index contributed by atoms with van der Waals surface area (Å²) in [7, 11) is 0. The van der Waals surface area contributed by atoms with Crippen molar-refractivity contribution < 1.29 is 0 Å². The maximum absolute atomic E-state index is 4.39. The van der Waals surface area contributed by atoms with Gasteiger partial charge in [0.1, 0.15) is 0 Å². The zero-order chi connectivity index (χ0) is 9.54. The second kappa shape index (κ2) is 3.18. The summed E-state index contributed by atoms with van der Waals surface area (Å²) in [6.07, 6.45) is 5.73. The lowest BCUT2D eigenvalue weighted by atomic mass is 9.82. The Labute approximate surface area is 95.4 Å². The van der Waals surface area contributed by atoms with Crippen molar-refractivity contribution in [2.24, 2.45) is 0 Å². The van der Waals surface area contributed by atoms with Crippen LogP contribution in [0.5, 0.6) is 0 Å². The monoisotopic (exact) mass is 299 g/mol. The summed E-state index contributed by atoms with van der Waals surface area (Å²) in [4.78, 5) is 4.28. The number of nitrogens with zero attached hydrogens (tertiary/aromatic N) is 2. The third kappa shape index (κ3) is 1.16. The topological polar surface area (TPSA) is 41.6 Å². The van der Waals surface area contributed by atoms with Gasteiger partial charge in [-0.25, -0.2) is 4.98 Å². The molecule has 0 aliphatic heterocycles. The van der Waals surface area contributed by atoms with Gasteiger partial charge in [-0.15, -0.1) is 0 Å². The minimum Gasteiger partial charge on any atom is -0.260 e. The largest absolute Gasteiger partial charge is 0.260 e. The summed E-state index contributed by atoms with van der Waals surface area (Å²) in [6.45, 7) is 0. The number of aromatic amines is 1. The predicted molar refractivity (Wildman–Crippen MR) is 63.2 cm³/mol. The number of H-pyrrole nitrogens is 1. The van der Waals surface area contributed by atoms with Crippen LogP contribution in [0.3, 0.4) is 0 Å². The molecule has 1 saturated carbocycles. The molecule has 3 nitrogen and oxygen atoms in total. The lowest BCUT2D eigenvalue weighted by molar-refractivity contribution is 0.413. The van der Waals surface area contributed by atoms with Crippen LogP contribution in [-0.2, 0) is 0 Å².